The average molecular weight is 647 g/mol. The van der Waals surface area contributed by atoms with Crippen LogP contribution in [0.3, 0.4) is 0 Å². The van der Waals surface area contributed by atoms with E-state index in [9.17, 15) is 4.79 Å². The molecule has 0 heterocycles. The molecule has 4 aliphatic carbocycles. The summed E-state index contributed by atoms with van der Waals surface area (Å²) in [6.07, 6.45) is 0. The molecule has 0 spiro atoms. The van der Waals surface area contributed by atoms with Crippen LogP contribution in [0.4, 0.5) is 0 Å². The van der Waals surface area contributed by atoms with Gasteiger partial charge in [0.05, 0.1) is 0 Å². The maximum Gasteiger partial charge on any atom is 0.193 e. The van der Waals surface area contributed by atoms with E-state index in [1.165, 1.54) is 89.0 Å². The van der Waals surface area contributed by atoms with Crippen LogP contribution in [-0.4, -0.2) is 5.78 Å². The molecule has 0 saturated heterocycles. The smallest absolute Gasteiger partial charge is 0.193 e. The SMILES string of the molecule is CC1(C)c2ccccc2-c2cc3c(cc21)C(C)(C)c1ccc(C(=O)c2ccc4c(c2)-c2cc5c(cc2C4(C)C)C(C)(C)c2ccccc2-5)cc1-3. The van der Waals surface area contributed by atoms with Gasteiger partial charge in [-0.2, -0.15) is 0 Å². The van der Waals surface area contributed by atoms with Crippen LogP contribution in [0.5, 0.6) is 0 Å². The number of fused-ring (bicyclic) bond motifs is 12. The lowest BCUT2D eigenvalue weighted by Crippen LogP contribution is -2.19. The molecule has 4 aliphatic rings. The lowest BCUT2D eigenvalue weighted by atomic mass is 9.77. The van der Waals surface area contributed by atoms with E-state index in [-0.39, 0.29) is 27.4 Å². The Hall–Kier alpha value is -5.01. The molecule has 6 aromatic rings. The lowest BCUT2D eigenvalue weighted by Gasteiger charge is -2.25. The second-order valence-corrected chi connectivity index (χ2v) is 17.3. The molecule has 50 heavy (non-hydrogen) atoms. The molecule has 0 aliphatic heterocycles. The fraction of sp³-hybridized carbons (Fsp3) is 0.245. The Morgan fingerprint density at radius 1 is 0.320 bits per heavy atom. The minimum atomic E-state index is -0.150. The second kappa shape index (κ2) is 9.20. The maximum absolute atomic E-state index is 14.5. The van der Waals surface area contributed by atoms with Gasteiger partial charge >= 0.3 is 0 Å². The van der Waals surface area contributed by atoms with Crippen molar-refractivity contribution in [1.29, 1.82) is 0 Å². The van der Waals surface area contributed by atoms with Crippen molar-refractivity contribution in [3.63, 3.8) is 0 Å². The third-order valence-corrected chi connectivity index (χ3v) is 13.3. The number of ketones is 1. The molecule has 0 fully saturated rings. The van der Waals surface area contributed by atoms with E-state index in [0.717, 1.165) is 11.1 Å². The predicted octanol–water partition coefficient (Wildman–Crippen LogP) is 12.1. The van der Waals surface area contributed by atoms with Gasteiger partial charge in [0.15, 0.2) is 5.78 Å². The van der Waals surface area contributed by atoms with Gasteiger partial charge in [0.2, 0.25) is 0 Å². The Morgan fingerprint density at radius 3 is 1.00 bits per heavy atom. The van der Waals surface area contributed by atoms with Crippen LogP contribution in [0.1, 0.15) is 116 Å². The minimum Gasteiger partial charge on any atom is -0.289 e. The Morgan fingerprint density at radius 2 is 0.620 bits per heavy atom. The largest absolute Gasteiger partial charge is 0.289 e. The van der Waals surface area contributed by atoms with Crippen LogP contribution in [-0.2, 0) is 21.7 Å². The zero-order valence-electron chi connectivity index (χ0n) is 30.3. The van der Waals surface area contributed by atoms with Gasteiger partial charge in [0.25, 0.3) is 0 Å². The summed E-state index contributed by atoms with van der Waals surface area (Å²) >= 11 is 0. The monoisotopic (exact) mass is 646 g/mol. The van der Waals surface area contributed by atoms with Gasteiger partial charge in [0, 0.05) is 32.8 Å². The molecule has 0 N–H and O–H groups in total. The van der Waals surface area contributed by atoms with Gasteiger partial charge in [-0.05, 0) is 113 Å². The van der Waals surface area contributed by atoms with Gasteiger partial charge in [-0.15, -0.1) is 0 Å². The molecule has 1 nitrogen and oxygen atoms in total. The van der Waals surface area contributed by atoms with Gasteiger partial charge in [-0.1, -0.05) is 140 Å². The highest BCUT2D eigenvalue weighted by Crippen LogP contribution is 2.58. The van der Waals surface area contributed by atoms with E-state index in [4.69, 9.17) is 0 Å². The summed E-state index contributed by atoms with van der Waals surface area (Å²) in [6, 6.07) is 40.3. The summed E-state index contributed by atoms with van der Waals surface area (Å²) in [5.41, 5.74) is 22.1. The summed E-state index contributed by atoms with van der Waals surface area (Å²) < 4.78 is 0. The van der Waals surface area contributed by atoms with E-state index in [1.807, 2.05) is 0 Å². The number of hydrogen-bond acceptors (Lipinski definition) is 1. The van der Waals surface area contributed by atoms with Crippen LogP contribution in [0.2, 0.25) is 0 Å². The summed E-state index contributed by atoms with van der Waals surface area (Å²) in [5, 5.41) is 0. The fourth-order valence-corrected chi connectivity index (χ4v) is 10.3. The summed E-state index contributed by atoms with van der Waals surface area (Å²) in [5.74, 6) is 0.0772. The van der Waals surface area contributed by atoms with E-state index < -0.39 is 0 Å². The van der Waals surface area contributed by atoms with E-state index >= 15 is 0 Å². The molecule has 0 radical (unpaired) electrons. The molecule has 0 unspecified atom stereocenters. The summed E-state index contributed by atoms with van der Waals surface area (Å²) in [6.45, 7) is 18.7. The standard InChI is InChI=1S/C49H42O/c1-46(2)37-15-11-9-13-29(37)33-23-35-31-21-27(17-19-39(31)48(5,6)43(35)25-41(33)46)45(50)28-18-20-40-32(22-28)36-24-34-30-14-10-12-16-38(30)47(3,4)42(34)26-44(36)49(40,7)8/h9-26H,1-8H3. The molecule has 6 aromatic carbocycles. The van der Waals surface area contributed by atoms with Gasteiger partial charge in [-0.3, -0.25) is 4.79 Å². The van der Waals surface area contributed by atoms with E-state index in [2.05, 4.69) is 165 Å². The first-order chi connectivity index (χ1) is 23.7. The molecule has 0 aromatic heterocycles. The first-order valence-electron chi connectivity index (χ1n) is 18.1. The normalized spacial score (nSPS) is 17.9. The number of benzene rings is 6. The third-order valence-electron chi connectivity index (χ3n) is 13.3. The van der Waals surface area contributed by atoms with Crippen LogP contribution in [0, 0.1) is 0 Å². The van der Waals surface area contributed by atoms with Crippen molar-refractivity contribution in [2.45, 2.75) is 77.0 Å². The molecule has 0 atom stereocenters. The number of rotatable bonds is 2. The topological polar surface area (TPSA) is 17.1 Å². The predicted molar refractivity (Wildman–Crippen MR) is 207 cm³/mol. The average Bonchev–Trinajstić information content (AvgIpc) is 3.66. The maximum atomic E-state index is 14.5. The Kier molecular flexibility index (Phi) is 5.50. The van der Waals surface area contributed by atoms with Crippen LogP contribution >= 0.6 is 0 Å². The Balaban J connectivity index is 1.08. The second-order valence-electron chi connectivity index (χ2n) is 17.3. The third kappa shape index (κ3) is 3.51. The summed E-state index contributed by atoms with van der Waals surface area (Å²) in [7, 11) is 0. The quantitative estimate of drug-likeness (QED) is 0.171. The Labute approximate surface area is 296 Å². The van der Waals surface area contributed by atoms with Crippen LogP contribution in [0.15, 0.2) is 109 Å². The zero-order chi connectivity index (χ0) is 34.7. The minimum absolute atomic E-state index is 0.0483. The van der Waals surface area contributed by atoms with Crippen molar-refractivity contribution in [2.75, 3.05) is 0 Å². The van der Waals surface area contributed by atoms with Gasteiger partial charge in [-0.25, -0.2) is 0 Å². The first kappa shape index (κ1) is 29.9. The molecular formula is C49H42O. The van der Waals surface area contributed by atoms with Crippen molar-refractivity contribution < 1.29 is 4.79 Å². The molecule has 0 amide bonds. The highest BCUT2D eigenvalue weighted by Gasteiger charge is 2.43. The number of carbonyl (C=O) groups is 1. The van der Waals surface area contributed by atoms with Gasteiger partial charge < -0.3 is 0 Å². The molecule has 1 heteroatoms. The number of carbonyl (C=O) groups excluding carboxylic acids is 1. The van der Waals surface area contributed by atoms with Crippen molar-refractivity contribution in [3.05, 3.63) is 165 Å². The summed E-state index contributed by atoms with van der Waals surface area (Å²) in [4.78, 5) is 14.5. The Bertz CT molecular complexity index is 2370. The molecule has 10 rings (SSSR count). The number of hydrogen-bond donors (Lipinski definition) is 0. The van der Waals surface area contributed by atoms with Crippen LogP contribution < -0.4 is 0 Å². The zero-order valence-corrected chi connectivity index (χ0v) is 30.3. The van der Waals surface area contributed by atoms with E-state index in [1.54, 1.807) is 0 Å². The van der Waals surface area contributed by atoms with Gasteiger partial charge in [0.1, 0.15) is 0 Å². The van der Waals surface area contributed by atoms with Crippen molar-refractivity contribution in [2.24, 2.45) is 0 Å². The molecule has 244 valence electrons. The first-order valence-corrected chi connectivity index (χ1v) is 18.1. The lowest BCUT2D eigenvalue weighted by molar-refractivity contribution is 0.103. The van der Waals surface area contributed by atoms with E-state index in [0.29, 0.717) is 0 Å². The van der Waals surface area contributed by atoms with Crippen molar-refractivity contribution in [3.8, 4) is 44.5 Å². The van der Waals surface area contributed by atoms with Crippen LogP contribution in [0.25, 0.3) is 44.5 Å². The highest BCUT2D eigenvalue weighted by atomic mass is 16.1. The molecule has 0 saturated carbocycles. The van der Waals surface area contributed by atoms with Crippen molar-refractivity contribution in [1.82, 2.24) is 0 Å². The molecule has 0 bridgehead atoms. The molecular weight excluding hydrogens is 605 g/mol. The highest BCUT2D eigenvalue weighted by molar-refractivity contribution is 6.11. The fourth-order valence-electron chi connectivity index (χ4n) is 10.3. The van der Waals surface area contributed by atoms with Crippen molar-refractivity contribution >= 4 is 5.78 Å².